The smallest absolute Gasteiger partial charge is 0.256 e. The summed E-state index contributed by atoms with van der Waals surface area (Å²) in [4.78, 5) is 23.6. The third-order valence-corrected chi connectivity index (χ3v) is 13.6. The van der Waals surface area contributed by atoms with Crippen LogP contribution in [0.15, 0.2) is 123 Å². The van der Waals surface area contributed by atoms with Crippen LogP contribution in [0.4, 0.5) is 17.1 Å². The molecule has 3 aliphatic carbocycles. The molecule has 3 N–H and O–H groups in total. The van der Waals surface area contributed by atoms with E-state index >= 15 is 0 Å². The van der Waals surface area contributed by atoms with Gasteiger partial charge in [-0.25, -0.2) is 14.5 Å². The van der Waals surface area contributed by atoms with Crippen LogP contribution >= 0.6 is 0 Å². The summed E-state index contributed by atoms with van der Waals surface area (Å²) in [6, 6.07) is 24.5. The van der Waals surface area contributed by atoms with Gasteiger partial charge in [0.25, 0.3) is 17.7 Å². The third-order valence-electron chi connectivity index (χ3n) is 13.6. The number of benzene rings is 6. The Morgan fingerprint density at radius 3 is 1.31 bits per heavy atom. The summed E-state index contributed by atoms with van der Waals surface area (Å²) in [5, 5.41) is 20.2. The van der Waals surface area contributed by atoms with E-state index in [4.69, 9.17) is 74.9 Å². The molecule has 0 aliphatic heterocycles. The molecular weight excluding hydrogens is 1130 g/mol. The summed E-state index contributed by atoms with van der Waals surface area (Å²) in [7, 11) is 0. The van der Waals surface area contributed by atoms with Crippen LogP contribution in [-0.4, -0.2) is 68.2 Å². The highest BCUT2D eigenvalue weighted by Crippen LogP contribution is 2.42. The first-order chi connectivity index (χ1) is 50.9. The molecule has 6 aromatic carbocycles. The average molecular weight is 1230 g/mol. The summed E-state index contributed by atoms with van der Waals surface area (Å²) in [6.45, 7) is 32.4. The van der Waals surface area contributed by atoms with Gasteiger partial charge >= 0.3 is 0 Å². The van der Waals surface area contributed by atoms with Crippen LogP contribution in [0.1, 0.15) is 180 Å². The molecule has 0 saturated heterocycles. The zero-order chi connectivity index (χ0) is 81.3. The SMILES string of the molecule is [2H]C(C)(C)Oc1ccc(-c2nc(-c3cccc4c3C([2H])([2H])C([2H])([2H])[C@@H]4NCCC)no2)cc1[N+]#[C-].[2H]C(C)(C)Oc1ccc(-c2nc(-c3cccc4c3C([2H])([2H])C[C@]4([2H])NC([2H])([2H])C([2H])([2H])C)no2)cc1[N+]#[C-].[2H]C([2H])(CC)N[C@@H]1c2cccc(-c3noc(-c4ccc(OC([2H])(C)C)c([N+]#[C-])c4)n3)c2C([2H])([2H])C1([2H])[2H]. The molecule has 3 aromatic heterocycles. The van der Waals surface area contributed by atoms with Crippen LogP contribution < -0.4 is 30.2 Å². The van der Waals surface area contributed by atoms with Gasteiger partial charge in [-0.05, 0) is 207 Å². The van der Waals surface area contributed by atoms with Gasteiger partial charge in [-0.15, -0.1) is 0 Å². The van der Waals surface area contributed by atoms with Crippen molar-refractivity contribution in [2.75, 3.05) is 19.5 Å². The van der Waals surface area contributed by atoms with Crippen molar-refractivity contribution in [3.05, 3.63) is 177 Å². The second kappa shape index (κ2) is 29.7. The van der Waals surface area contributed by atoms with Crippen molar-refractivity contribution in [1.82, 2.24) is 46.4 Å². The van der Waals surface area contributed by atoms with Gasteiger partial charge in [-0.3, -0.25) is 0 Å². The van der Waals surface area contributed by atoms with Gasteiger partial charge in [0, 0.05) is 73.4 Å². The lowest BCUT2D eigenvalue weighted by atomic mass is 10.0. The summed E-state index contributed by atoms with van der Waals surface area (Å²) in [5.74, 6) is 1.18. The number of hydrogen-bond donors (Lipinski definition) is 3. The Morgan fingerprint density at radius 2 is 0.933 bits per heavy atom. The van der Waals surface area contributed by atoms with Crippen LogP contribution in [0.3, 0.4) is 0 Å². The third kappa shape index (κ3) is 14.6. The van der Waals surface area contributed by atoms with Crippen molar-refractivity contribution in [2.24, 2.45) is 0 Å². The highest BCUT2D eigenvalue weighted by Gasteiger charge is 2.30. The summed E-state index contributed by atoms with van der Waals surface area (Å²) < 4.78 is 200. The molecule has 90 heavy (non-hydrogen) atoms. The van der Waals surface area contributed by atoms with Crippen LogP contribution in [0, 0.1) is 19.7 Å². The van der Waals surface area contributed by atoms with E-state index in [9.17, 15) is 0 Å². The van der Waals surface area contributed by atoms with E-state index in [2.05, 4.69) is 60.9 Å². The zero-order valence-corrected chi connectivity index (χ0v) is 50.8. The highest BCUT2D eigenvalue weighted by molar-refractivity contribution is 5.74. The average Bonchev–Trinajstić information content (AvgIpc) is 1.59. The molecule has 0 unspecified atom stereocenters. The largest absolute Gasteiger partial charge is 0.502 e. The number of nitrogens with zero attached hydrogens (tertiary/aromatic N) is 9. The topological polar surface area (TPSA) is 194 Å². The van der Waals surface area contributed by atoms with E-state index in [1.807, 2.05) is 6.92 Å². The van der Waals surface area contributed by atoms with Crippen LogP contribution in [0.2, 0.25) is 0 Å². The van der Waals surface area contributed by atoms with Gasteiger partial charge in [0.2, 0.25) is 34.5 Å². The van der Waals surface area contributed by atoms with Gasteiger partial charge in [0.15, 0.2) is 0 Å². The van der Waals surface area contributed by atoms with Gasteiger partial charge < -0.3 is 43.7 Å². The molecule has 0 amide bonds. The van der Waals surface area contributed by atoms with Crippen molar-refractivity contribution in [3.63, 3.8) is 0 Å². The number of hydrogen-bond acceptors (Lipinski definition) is 15. The maximum absolute atomic E-state index is 8.90. The Balaban J connectivity index is 0.000000176. The fraction of sp³-hybridized carbons (Fsp3) is 0.375. The lowest BCUT2D eigenvalue weighted by molar-refractivity contribution is 0.244. The molecule has 18 nitrogen and oxygen atoms in total. The molecule has 0 radical (unpaired) electrons. The Labute approximate surface area is 555 Å². The van der Waals surface area contributed by atoms with E-state index in [-0.39, 0.29) is 115 Å². The van der Waals surface area contributed by atoms with Gasteiger partial charge in [0.05, 0.1) is 43.4 Å². The summed E-state index contributed by atoms with van der Waals surface area (Å²) in [6.07, 6.45) is -17.1. The van der Waals surface area contributed by atoms with E-state index in [0.717, 1.165) is 13.3 Å². The second-order valence-corrected chi connectivity index (χ2v) is 20.8. The normalized spacial score (nSPS) is 23.0. The van der Waals surface area contributed by atoms with Crippen molar-refractivity contribution in [2.45, 2.75) is 156 Å². The minimum atomic E-state index is -2.62. The number of nitrogens with one attached hydrogen (secondary N) is 3. The second-order valence-electron chi connectivity index (χ2n) is 20.8. The maximum Gasteiger partial charge on any atom is 0.256 e. The predicted octanol–water partition coefficient (Wildman–Crippen LogP) is 17.2. The lowest BCUT2D eigenvalue weighted by Crippen LogP contribution is -2.19. The van der Waals surface area contributed by atoms with Gasteiger partial charge in [0.1, 0.15) is 17.2 Å². The van der Waals surface area contributed by atoms with E-state index in [1.165, 1.54) is 36.4 Å². The minimum Gasteiger partial charge on any atom is -0.502 e. The molecule has 9 aromatic rings. The van der Waals surface area contributed by atoms with Crippen molar-refractivity contribution in [1.29, 1.82) is 0 Å². The Hall–Kier alpha value is -9.51. The molecule has 462 valence electrons. The Kier molecular flexibility index (Phi) is 14.0. The fourth-order valence-electron chi connectivity index (χ4n) is 9.67. The highest BCUT2D eigenvalue weighted by atomic mass is 16.5. The molecule has 0 saturated carbocycles. The monoisotopic (exact) mass is 1230 g/mol. The van der Waals surface area contributed by atoms with Crippen LogP contribution in [0.25, 0.3) is 83.1 Å². The van der Waals surface area contributed by atoms with E-state index < -0.39 is 94.0 Å². The molecule has 12 rings (SSSR count). The van der Waals surface area contributed by atoms with Gasteiger partial charge in [-0.2, -0.15) is 15.0 Å². The first-order valence-corrected chi connectivity index (χ1v) is 28.7. The molecule has 0 bridgehead atoms. The van der Waals surface area contributed by atoms with Crippen LogP contribution in [0.5, 0.6) is 17.2 Å². The zero-order valence-electron chi connectivity index (χ0n) is 70.8. The summed E-state index contributed by atoms with van der Waals surface area (Å²) >= 11 is 0. The standard InChI is InChI=1S/3C24H26N4O2/c3*1-5-13-26-20-11-10-17-18(20)7-6-8-19(17)23-27-24(30-28-23)16-9-12-22(29-15(2)3)21(14-16)25-4/h3*6-9,12,14-15,20,26H,5,10-11,13H2,1-3H3/t3*20-/m000/s1/i5D2,10D2,13D2,15D,20D;10D2,11D2,13D2,15D;10D2,11D2,15D. The van der Waals surface area contributed by atoms with E-state index in [0.29, 0.717) is 34.4 Å². The van der Waals surface area contributed by atoms with Crippen molar-refractivity contribution < 1.29 is 55.2 Å². The molecule has 0 fully saturated rings. The molecular formula is C72H78N12O6. The van der Waals surface area contributed by atoms with Crippen molar-refractivity contribution >= 4 is 17.1 Å². The fourth-order valence-corrected chi connectivity index (χ4v) is 9.67. The quantitative estimate of drug-likeness (QED) is 0.0575. The molecule has 3 heterocycles. The van der Waals surface area contributed by atoms with Crippen molar-refractivity contribution in [3.8, 4) is 85.8 Å². The molecule has 0 spiro atoms. The van der Waals surface area contributed by atoms with Crippen LogP contribution in [-0.2, 0) is 19.1 Å². The lowest BCUT2D eigenvalue weighted by Gasteiger charge is -2.13. The van der Waals surface area contributed by atoms with Gasteiger partial charge in [-0.1, -0.05) is 90.8 Å². The maximum atomic E-state index is 8.90. The first-order valence-electron chi connectivity index (χ1n) is 38.7. The molecule has 3 atom stereocenters. The Bertz CT molecular complexity index is 5080. The first kappa shape index (κ1) is 42.4. The number of fused-ring (bicyclic) bond motifs is 3. The number of ether oxygens (including phenoxy) is 3. The number of rotatable bonds is 21. The Morgan fingerprint density at radius 1 is 0.533 bits per heavy atom. The number of aromatic nitrogens is 6. The molecule has 3 aliphatic rings. The summed E-state index contributed by atoms with van der Waals surface area (Å²) in [5.41, 5.74) is 3.91. The predicted molar refractivity (Wildman–Crippen MR) is 350 cm³/mol. The van der Waals surface area contributed by atoms with E-state index in [1.54, 1.807) is 121 Å². The minimum absolute atomic E-state index is 0.0278. The molecule has 18 heteroatoms.